The van der Waals surface area contributed by atoms with E-state index in [1.807, 2.05) is 0 Å². The molecular formula is C8H12O. The first-order valence-electron chi connectivity index (χ1n) is 3.22. The minimum Gasteiger partial charge on any atom is -0.381 e. The summed E-state index contributed by atoms with van der Waals surface area (Å²) < 4.78 is 5.13. The molecule has 0 bridgehead atoms. The zero-order chi connectivity index (χ0) is 6.69. The molecular weight excluding hydrogens is 112 g/mol. The van der Waals surface area contributed by atoms with Crippen molar-refractivity contribution in [3.05, 3.63) is 24.3 Å². The van der Waals surface area contributed by atoms with E-state index < -0.39 is 0 Å². The van der Waals surface area contributed by atoms with Crippen molar-refractivity contribution in [1.82, 2.24) is 0 Å². The molecule has 0 aromatic carbocycles. The average molecular weight is 124 g/mol. The molecule has 0 aromatic heterocycles. The van der Waals surface area contributed by atoms with Crippen LogP contribution >= 0.6 is 0 Å². The molecule has 0 amide bonds. The molecule has 1 aliphatic rings. The van der Waals surface area contributed by atoms with Crippen molar-refractivity contribution in [3.8, 4) is 0 Å². The number of methoxy groups -OCH3 is 1. The van der Waals surface area contributed by atoms with Crippen molar-refractivity contribution in [1.29, 1.82) is 0 Å². The van der Waals surface area contributed by atoms with Gasteiger partial charge in [-0.05, 0) is 6.92 Å². The van der Waals surface area contributed by atoms with E-state index in [1.54, 1.807) is 7.11 Å². The van der Waals surface area contributed by atoms with Gasteiger partial charge in [0, 0.05) is 13.0 Å². The van der Waals surface area contributed by atoms with Gasteiger partial charge in [-0.15, -0.1) is 0 Å². The highest BCUT2D eigenvalue weighted by Crippen LogP contribution is 2.14. The standard InChI is InChI=1S/C8H12O/c1-7(9-2)8-5-3-4-6-8/h3-8H,1-2H3/t7-/m1/s1. The van der Waals surface area contributed by atoms with E-state index in [1.165, 1.54) is 0 Å². The lowest BCUT2D eigenvalue weighted by Crippen LogP contribution is -2.13. The van der Waals surface area contributed by atoms with Gasteiger partial charge in [0.1, 0.15) is 0 Å². The number of allylic oxidation sites excluding steroid dienone is 2. The molecule has 0 spiro atoms. The molecule has 1 nitrogen and oxygen atoms in total. The fourth-order valence-corrected chi connectivity index (χ4v) is 0.919. The summed E-state index contributed by atoms with van der Waals surface area (Å²) in [5.74, 6) is 0.495. The normalized spacial score (nSPS) is 21.1. The van der Waals surface area contributed by atoms with E-state index in [0.29, 0.717) is 12.0 Å². The fourth-order valence-electron chi connectivity index (χ4n) is 0.919. The molecule has 0 saturated carbocycles. The zero-order valence-electron chi connectivity index (χ0n) is 5.87. The van der Waals surface area contributed by atoms with Gasteiger partial charge in [-0.1, -0.05) is 24.3 Å². The maximum absolute atomic E-state index is 5.13. The largest absolute Gasteiger partial charge is 0.381 e. The summed E-state index contributed by atoms with van der Waals surface area (Å²) in [6.07, 6.45) is 8.72. The Hall–Kier alpha value is -0.560. The molecule has 0 N–H and O–H groups in total. The third-order valence-electron chi connectivity index (χ3n) is 1.69. The van der Waals surface area contributed by atoms with Crippen LogP contribution in [0.1, 0.15) is 6.92 Å². The van der Waals surface area contributed by atoms with Gasteiger partial charge >= 0.3 is 0 Å². The molecule has 1 heteroatoms. The Morgan fingerprint density at radius 3 is 2.33 bits per heavy atom. The monoisotopic (exact) mass is 124 g/mol. The van der Waals surface area contributed by atoms with Crippen LogP contribution in [0.4, 0.5) is 0 Å². The lowest BCUT2D eigenvalue weighted by molar-refractivity contribution is 0.0989. The van der Waals surface area contributed by atoms with E-state index in [2.05, 4.69) is 31.2 Å². The lowest BCUT2D eigenvalue weighted by atomic mass is 10.1. The molecule has 1 rings (SSSR count). The third kappa shape index (κ3) is 1.42. The Morgan fingerprint density at radius 1 is 1.33 bits per heavy atom. The highest BCUT2D eigenvalue weighted by Gasteiger charge is 2.11. The summed E-state index contributed by atoms with van der Waals surface area (Å²) in [4.78, 5) is 0. The van der Waals surface area contributed by atoms with Crippen molar-refractivity contribution in [2.24, 2.45) is 5.92 Å². The molecule has 0 aliphatic heterocycles. The van der Waals surface area contributed by atoms with Gasteiger partial charge in [0.25, 0.3) is 0 Å². The van der Waals surface area contributed by atoms with Crippen LogP contribution in [0, 0.1) is 5.92 Å². The van der Waals surface area contributed by atoms with E-state index in [9.17, 15) is 0 Å². The van der Waals surface area contributed by atoms with Crippen molar-refractivity contribution in [3.63, 3.8) is 0 Å². The van der Waals surface area contributed by atoms with Crippen LogP contribution in [-0.2, 0) is 4.74 Å². The van der Waals surface area contributed by atoms with E-state index in [0.717, 1.165) is 0 Å². The summed E-state index contributed by atoms with van der Waals surface area (Å²) in [5, 5.41) is 0. The van der Waals surface area contributed by atoms with Crippen LogP contribution < -0.4 is 0 Å². The van der Waals surface area contributed by atoms with Crippen LogP contribution in [0.15, 0.2) is 24.3 Å². The van der Waals surface area contributed by atoms with Gasteiger partial charge in [0.2, 0.25) is 0 Å². The molecule has 9 heavy (non-hydrogen) atoms. The minimum absolute atomic E-state index is 0.319. The Kier molecular flexibility index (Phi) is 2.06. The summed E-state index contributed by atoms with van der Waals surface area (Å²) >= 11 is 0. The quantitative estimate of drug-likeness (QED) is 0.545. The minimum atomic E-state index is 0.319. The van der Waals surface area contributed by atoms with Crippen LogP contribution in [0.25, 0.3) is 0 Å². The first kappa shape index (κ1) is 6.56. The maximum atomic E-state index is 5.13. The van der Waals surface area contributed by atoms with Gasteiger partial charge < -0.3 is 4.74 Å². The fraction of sp³-hybridized carbons (Fsp3) is 0.500. The molecule has 0 saturated heterocycles. The van der Waals surface area contributed by atoms with Crippen molar-refractivity contribution in [2.45, 2.75) is 13.0 Å². The SMILES string of the molecule is CO[C@H](C)C1C=CC=C1. The number of ether oxygens (including phenoxy) is 1. The second-order valence-electron chi connectivity index (χ2n) is 2.29. The van der Waals surface area contributed by atoms with Crippen LogP contribution in [0.2, 0.25) is 0 Å². The molecule has 50 valence electrons. The summed E-state index contributed by atoms with van der Waals surface area (Å²) in [5.41, 5.74) is 0. The number of rotatable bonds is 2. The van der Waals surface area contributed by atoms with E-state index in [-0.39, 0.29) is 0 Å². The second kappa shape index (κ2) is 2.83. The molecule has 0 radical (unpaired) electrons. The highest BCUT2D eigenvalue weighted by molar-refractivity contribution is 5.18. The van der Waals surface area contributed by atoms with Gasteiger partial charge in [0.05, 0.1) is 6.10 Å². The second-order valence-corrected chi connectivity index (χ2v) is 2.29. The van der Waals surface area contributed by atoms with Crippen molar-refractivity contribution in [2.75, 3.05) is 7.11 Å². The maximum Gasteiger partial charge on any atom is 0.0640 e. The zero-order valence-corrected chi connectivity index (χ0v) is 5.87. The Balaban J connectivity index is 2.43. The summed E-state index contributed by atoms with van der Waals surface area (Å²) in [6, 6.07) is 0. The van der Waals surface area contributed by atoms with Gasteiger partial charge in [-0.25, -0.2) is 0 Å². The first-order valence-corrected chi connectivity index (χ1v) is 3.22. The highest BCUT2D eigenvalue weighted by atomic mass is 16.5. The van der Waals surface area contributed by atoms with Crippen LogP contribution in [-0.4, -0.2) is 13.2 Å². The first-order chi connectivity index (χ1) is 4.34. The smallest absolute Gasteiger partial charge is 0.0640 e. The predicted molar refractivity (Wildman–Crippen MR) is 38.2 cm³/mol. The Labute approximate surface area is 56.0 Å². The predicted octanol–water partition coefficient (Wildman–Crippen LogP) is 1.76. The number of hydrogen-bond donors (Lipinski definition) is 0. The van der Waals surface area contributed by atoms with E-state index in [4.69, 9.17) is 4.74 Å². The molecule has 1 aliphatic carbocycles. The third-order valence-corrected chi connectivity index (χ3v) is 1.69. The van der Waals surface area contributed by atoms with Gasteiger partial charge in [-0.3, -0.25) is 0 Å². The average Bonchev–Trinajstić information content (AvgIpc) is 2.37. The Morgan fingerprint density at radius 2 is 1.89 bits per heavy atom. The molecule has 1 atom stereocenters. The molecule has 0 unspecified atom stereocenters. The summed E-state index contributed by atoms with van der Waals surface area (Å²) in [7, 11) is 1.74. The van der Waals surface area contributed by atoms with Gasteiger partial charge in [0.15, 0.2) is 0 Å². The van der Waals surface area contributed by atoms with Gasteiger partial charge in [-0.2, -0.15) is 0 Å². The Bertz CT molecular complexity index is 124. The summed E-state index contributed by atoms with van der Waals surface area (Å²) in [6.45, 7) is 2.07. The number of hydrogen-bond acceptors (Lipinski definition) is 1. The van der Waals surface area contributed by atoms with Crippen molar-refractivity contribution >= 4 is 0 Å². The van der Waals surface area contributed by atoms with Crippen LogP contribution in [0.5, 0.6) is 0 Å². The molecule has 0 heterocycles. The molecule has 0 aromatic rings. The van der Waals surface area contributed by atoms with Crippen LogP contribution in [0.3, 0.4) is 0 Å². The molecule has 0 fully saturated rings. The lowest BCUT2D eigenvalue weighted by Gasteiger charge is -2.12. The van der Waals surface area contributed by atoms with Crippen molar-refractivity contribution < 1.29 is 4.74 Å². The topological polar surface area (TPSA) is 9.23 Å². The van der Waals surface area contributed by atoms with E-state index >= 15 is 0 Å².